The maximum absolute atomic E-state index is 13.2. The number of ether oxygens (including phenoxy) is 2. The molecule has 2 aromatic carbocycles. The number of fused-ring (bicyclic) bond motifs is 1. The number of methoxy groups -OCH3 is 1. The Bertz CT molecular complexity index is 1230. The molecule has 4 rings (SSSR count). The third-order valence-electron chi connectivity index (χ3n) is 6.62. The fourth-order valence-corrected chi connectivity index (χ4v) is 6.08. The number of benzene rings is 2. The molecule has 34 heavy (non-hydrogen) atoms. The lowest BCUT2D eigenvalue weighted by atomic mass is 9.81. The molecular weight excluding hydrogens is 458 g/mol. The Morgan fingerprint density at radius 1 is 1.18 bits per heavy atom. The Labute approximate surface area is 198 Å². The topological polar surface area (TPSA) is 107 Å². The van der Waals surface area contributed by atoms with Crippen LogP contribution in [0, 0.1) is 12.8 Å². The molecule has 2 aliphatic rings. The molecule has 9 heteroatoms. The molecule has 0 aromatic heterocycles. The summed E-state index contributed by atoms with van der Waals surface area (Å²) in [6.07, 6.45) is -1.48. The first kappa shape index (κ1) is 24.1. The lowest BCUT2D eigenvalue weighted by molar-refractivity contribution is -0.833. The number of quaternary nitrogens is 1. The van der Waals surface area contributed by atoms with Crippen molar-refractivity contribution < 1.29 is 37.1 Å². The molecule has 0 radical (unpaired) electrons. The molecule has 0 saturated carbocycles. The van der Waals surface area contributed by atoms with Gasteiger partial charge in [0, 0.05) is 17.4 Å². The van der Waals surface area contributed by atoms with Crippen LogP contribution in [0.2, 0.25) is 0 Å². The van der Waals surface area contributed by atoms with Crippen LogP contribution in [0.1, 0.15) is 24.5 Å². The van der Waals surface area contributed by atoms with Gasteiger partial charge in [-0.1, -0.05) is 29.8 Å². The molecule has 0 aliphatic carbocycles. The molecule has 0 bridgehead atoms. The van der Waals surface area contributed by atoms with Crippen LogP contribution in [-0.4, -0.2) is 55.8 Å². The second-order valence-corrected chi connectivity index (χ2v) is 10.7. The molecule has 8 nitrogen and oxygen atoms in total. The van der Waals surface area contributed by atoms with Crippen LogP contribution in [0.4, 0.5) is 4.79 Å². The minimum absolute atomic E-state index is 0.0388. The molecule has 0 spiro atoms. The third kappa shape index (κ3) is 4.15. The number of amides is 2. The number of hydrogen-bond acceptors (Lipinski definition) is 7. The molecule has 2 aliphatic heterocycles. The van der Waals surface area contributed by atoms with E-state index in [1.165, 1.54) is 19.1 Å². The van der Waals surface area contributed by atoms with Gasteiger partial charge in [-0.15, -0.1) is 0 Å². The van der Waals surface area contributed by atoms with E-state index < -0.39 is 44.4 Å². The van der Waals surface area contributed by atoms with Crippen molar-refractivity contribution in [3.8, 4) is 5.75 Å². The number of rotatable bonds is 6. The zero-order valence-corrected chi connectivity index (χ0v) is 20.1. The van der Waals surface area contributed by atoms with Crippen molar-refractivity contribution in [1.29, 1.82) is 0 Å². The van der Waals surface area contributed by atoms with Crippen LogP contribution >= 0.6 is 0 Å². The monoisotopic (exact) mass is 486 g/mol. The molecule has 1 N–H and O–H groups in total. The van der Waals surface area contributed by atoms with E-state index in [2.05, 4.69) is 0 Å². The summed E-state index contributed by atoms with van der Waals surface area (Å²) in [5, 5.41) is 11.3. The molecule has 1 unspecified atom stereocenters. The van der Waals surface area contributed by atoms with Crippen LogP contribution in [0.15, 0.2) is 64.4 Å². The summed E-state index contributed by atoms with van der Waals surface area (Å²) in [6, 6.07) is 12.9. The number of aliphatic hydroxyl groups excluding tert-OH is 1. The van der Waals surface area contributed by atoms with E-state index >= 15 is 0 Å². The zero-order chi connectivity index (χ0) is 24.7. The molecule has 4 atom stereocenters. The van der Waals surface area contributed by atoms with Crippen LogP contribution in [0.3, 0.4) is 0 Å². The number of β-lactam (4-membered cyclic amide) rings is 1. The Hall–Kier alpha value is -3.01. The Morgan fingerprint density at radius 2 is 1.82 bits per heavy atom. The van der Waals surface area contributed by atoms with Crippen LogP contribution in [-0.2, 0) is 26.0 Å². The smallest absolute Gasteiger partial charge is 0.497 e. The van der Waals surface area contributed by atoms with Gasteiger partial charge in [0.25, 0.3) is 0 Å². The number of imide groups is 1. The lowest BCUT2D eigenvalue weighted by Gasteiger charge is -2.46. The van der Waals surface area contributed by atoms with Gasteiger partial charge in [-0.3, -0.25) is 0 Å². The van der Waals surface area contributed by atoms with E-state index in [9.17, 15) is 23.1 Å². The van der Waals surface area contributed by atoms with Gasteiger partial charge in [0.15, 0.2) is 15.8 Å². The second-order valence-electron chi connectivity index (χ2n) is 8.94. The number of carbonyl (C=O) groups excluding carboxylic acids is 2. The number of aryl methyl sites for hydroxylation is 1. The van der Waals surface area contributed by atoms with E-state index in [0.717, 1.165) is 16.5 Å². The van der Waals surface area contributed by atoms with Crippen LogP contribution in [0.5, 0.6) is 5.75 Å². The molecular formula is C25H28NO7S+. The quantitative estimate of drug-likeness (QED) is 0.494. The highest BCUT2D eigenvalue weighted by molar-refractivity contribution is 7.94. The maximum Gasteiger partial charge on any atom is 0.524 e. The van der Waals surface area contributed by atoms with Gasteiger partial charge in [-0.05, 0) is 43.7 Å². The molecule has 2 aromatic rings. The zero-order valence-electron chi connectivity index (χ0n) is 19.3. The first-order valence-corrected chi connectivity index (χ1v) is 12.5. The highest BCUT2D eigenvalue weighted by atomic mass is 32.2. The van der Waals surface area contributed by atoms with E-state index in [-0.39, 0.29) is 24.5 Å². The van der Waals surface area contributed by atoms with Gasteiger partial charge in [0.2, 0.25) is 0 Å². The van der Waals surface area contributed by atoms with E-state index in [0.29, 0.717) is 11.3 Å². The van der Waals surface area contributed by atoms with E-state index in [4.69, 9.17) is 9.47 Å². The van der Waals surface area contributed by atoms with E-state index in [1.807, 2.05) is 6.92 Å². The number of aliphatic hydroxyl groups is 1. The fraction of sp³-hybridized carbons (Fsp3) is 0.360. The van der Waals surface area contributed by atoms with Gasteiger partial charge in [0.1, 0.15) is 24.9 Å². The second kappa shape index (κ2) is 8.98. The summed E-state index contributed by atoms with van der Waals surface area (Å²) in [5.74, 6) is -0.531. The standard InChI is InChI=1S/C25H28NO7S/c1-16-4-10-21(11-5-16)34(30,31)15-19-12-22-23(17(2)27)24(28)26(22,13-19)25(29)33-14-18-6-8-20(32-3)9-7-18/h4-11,15,17,22-23,27H,12-14H2,1-3H3/q+1/b19-15+/t17?,22-,23+,26-/m1/s1. The summed E-state index contributed by atoms with van der Waals surface area (Å²) in [5.41, 5.74) is 2.12. The molecule has 2 amide bonds. The predicted molar refractivity (Wildman–Crippen MR) is 123 cm³/mol. The fourth-order valence-electron chi connectivity index (χ4n) is 4.82. The van der Waals surface area contributed by atoms with Gasteiger partial charge in [-0.25, -0.2) is 13.2 Å². The Balaban J connectivity index is 1.58. The molecule has 2 fully saturated rings. The first-order valence-electron chi connectivity index (χ1n) is 11.0. The molecule has 2 heterocycles. The Morgan fingerprint density at radius 3 is 2.41 bits per heavy atom. The summed E-state index contributed by atoms with van der Waals surface area (Å²) >= 11 is 0. The average Bonchev–Trinajstić information content (AvgIpc) is 3.11. The molecule has 180 valence electrons. The third-order valence-corrected chi connectivity index (χ3v) is 8.19. The van der Waals surface area contributed by atoms with E-state index in [1.54, 1.807) is 43.5 Å². The van der Waals surface area contributed by atoms with Gasteiger partial charge >= 0.3 is 12.0 Å². The van der Waals surface area contributed by atoms with Crippen molar-refractivity contribution in [3.63, 3.8) is 0 Å². The summed E-state index contributed by atoms with van der Waals surface area (Å²) in [6.45, 7) is 3.25. The number of hydrogen-bond donors (Lipinski definition) is 1. The predicted octanol–water partition coefficient (Wildman–Crippen LogP) is 3.12. The normalized spacial score (nSPS) is 26.0. The number of carbonyl (C=O) groups is 2. The summed E-state index contributed by atoms with van der Waals surface area (Å²) in [4.78, 5) is 26.4. The highest BCUT2D eigenvalue weighted by Crippen LogP contribution is 2.48. The SMILES string of the molecule is COc1ccc(COC(=O)[N@+]23C/C(=C/S(=O)(=O)c4ccc(C)cc4)C[C@@H]2[C@H](C(C)O)C3=O)cc1. The summed E-state index contributed by atoms with van der Waals surface area (Å²) < 4.78 is 35.8. The number of nitrogens with zero attached hydrogens (tertiary/aromatic N) is 1. The Kier molecular flexibility index (Phi) is 6.37. The largest absolute Gasteiger partial charge is 0.524 e. The van der Waals surface area contributed by atoms with Crippen molar-refractivity contribution >= 4 is 21.8 Å². The number of sulfone groups is 1. The average molecular weight is 487 g/mol. The van der Waals surface area contributed by atoms with Crippen molar-refractivity contribution in [2.75, 3.05) is 13.7 Å². The minimum Gasteiger partial charge on any atom is -0.497 e. The van der Waals surface area contributed by atoms with Crippen molar-refractivity contribution in [1.82, 2.24) is 0 Å². The van der Waals surface area contributed by atoms with Crippen molar-refractivity contribution in [2.45, 2.75) is 43.9 Å². The first-order chi connectivity index (χ1) is 16.1. The highest BCUT2D eigenvalue weighted by Gasteiger charge is 2.73. The maximum atomic E-state index is 13.2. The lowest BCUT2D eigenvalue weighted by Crippen LogP contribution is -2.76. The van der Waals surface area contributed by atoms with Crippen LogP contribution < -0.4 is 4.74 Å². The van der Waals surface area contributed by atoms with Gasteiger partial charge < -0.3 is 14.6 Å². The van der Waals surface area contributed by atoms with Gasteiger partial charge in [0.05, 0.1) is 18.1 Å². The summed E-state index contributed by atoms with van der Waals surface area (Å²) in [7, 11) is -2.21. The van der Waals surface area contributed by atoms with Crippen molar-refractivity contribution in [2.24, 2.45) is 5.92 Å². The van der Waals surface area contributed by atoms with Crippen LogP contribution in [0.25, 0.3) is 0 Å². The molecule has 2 saturated heterocycles. The minimum atomic E-state index is -3.76. The van der Waals surface area contributed by atoms with Crippen molar-refractivity contribution in [3.05, 3.63) is 70.6 Å². The van der Waals surface area contributed by atoms with Gasteiger partial charge in [-0.2, -0.15) is 9.28 Å².